The monoisotopic (exact) mass is 485 g/mol. The molecule has 4 rings (SSSR count). The van der Waals surface area contributed by atoms with Crippen LogP contribution in [-0.4, -0.2) is 50.3 Å². The van der Waals surface area contributed by atoms with Gasteiger partial charge >= 0.3 is 0 Å². The Morgan fingerprint density at radius 2 is 1.76 bits per heavy atom. The molecule has 1 N–H and O–H groups in total. The van der Waals surface area contributed by atoms with Crippen LogP contribution < -0.4 is 15.0 Å². The van der Waals surface area contributed by atoms with Crippen molar-refractivity contribution < 1.29 is 22.7 Å². The summed E-state index contributed by atoms with van der Waals surface area (Å²) >= 11 is 0. The molecule has 0 aliphatic carbocycles. The number of carbonyl (C=O) groups is 2. The van der Waals surface area contributed by atoms with Gasteiger partial charge in [-0.15, -0.1) is 0 Å². The van der Waals surface area contributed by atoms with E-state index in [2.05, 4.69) is 5.32 Å². The molecule has 2 aromatic rings. The first kappa shape index (κ1) is 24.2. The molecule has 0 bridgehead atoms. The first-order chi connectivity index (χ1) is 16.2. The molecule has 1 fully saturated rings. The van der Waals surface area contributed by atoms with Crippen molar-refractivity contribution in [3.63, 3.8) is 0 Å². The highest BCUT2D eigenvalue weighted by molar-refractivity contribution is 7.89. The van der Waals surface area contributed by atoms with Crippen LogP contribution >= 0.6 is 0 Å². The number of hydrogen-bond acceptors (Lipinski definition) is 5. The summed E-state index contributed by atoms with van der Waals surface area (Å²) in [6, 6.07) is 11.2. The normalized spacial score (nSPS) is 19.0. The maximum Gasteiger partial charge on any atom is 0.267 e. The molecule has 8 nitrogen and oxygen atoms in total. The Balaban J connectivity index is 1.49. The van der Waals surface area contributed by atoms with Crippen molar-refractivity contribution in [3.05, 3.63) is 48.0 Å². The van der Waals surface area contributed by atoms with Crippen LogP contribution in [0.3, 0.4) is 0 Å². The van der Waals surface area contributed by atoms with Gasteiger partial charge in [-0.1, -0.05) is 20.3 Å². The van der Waals surface area contributed by atoms with Gasteiger partial charge in [0.15, 0.2) is 6.10 Å². The summed E-state index contributed by atoms with van der Waals surface area (Å²) in [7, 11) is -3.54. The summed E-state index contributed by atoms with van der Waals surface area (Å²) in [5.74, 6) is 0.384. The average Bonchev–Trinajstić information content (AvgIpc) is 2.82. The number of ether oxygens (including phenoxy) is 1. The Labute approximate surface area is 200 Å². The maximum absolute atomic E-state index is 12.8. The molecule has 2 aliphatic rings. The zero-order chi connectivity index (χ0) is 24.5. The van der Waals surface area contributed by atoms with Crippen molar-refractivity contribution in [3.8, 4) is 5.75 Å². The molecule has 2 heterocycles. The predicted octanol–water partition coefficient (Wildman–Crippen LogP) is 3.88. The van der Waals surface area contributed by atoms with Crippen molar-refractivity contribution in [2.24, 2.45) is 5.92 Å². The molecular formula is C25H31N3O5S. The van der Waals surface area contributed by atoms with Gasteiger partial charge in [-0.05, 0) is 62.1 Å². The molecule has 182 valence electrons. The van der Waals surface area contributed by atoms with Gasteiger partial charge in [-0.3, -0.25) is 9.59 Å². The number of anilines is 2. The number of rotatable bonds is 6. The van der Waals surface area contributed by atoms with Crippen LogP contribution in [0.15, 0.2) is 47.4 Å². The fourth-order valence-corrected chi connectivity index (χ4v) is 5.79. The quantitative estimate of drug-likeness (QED) is 0.670. The van der Waals surface area contributed by atoms with E-state index in [1.165, 1.54) is 28.6 Å². The minimum atomic E-state index is -3.54. The number of nitrogens with one attached hydrogen (secondary N) is 1. The van der Waals surface area contributed by atoms with Gasteiger partial charge in [0.05, 0.1) is 10.6 Å². The van der Waals surface area contributed by atoms with Gasteiger partial charge in [0, 0.05) is 37.0 Å². The Hall–Kier alpha value is -2.91. The number of sulfonamides is 1. The van der Waals surface area contributed by atoms with Gasteiger partial charge in [-0.2, -0.15) is 4.31 Å². The highest BCUT2D eigenvalue weighted by Crippen LogP contribution is 2.37. The molecule has 1 unspecified atom stereocenters. The second kappa shape index (κ2) is 9.76. The van der Waals surface area contributed by atoms with Crippen molar-refractivity contribution in [2.45, 2.75) is 51.0 Å². The molecule has 1 atom stereocenters. The van der Waals surface area contributed by atoms with Crippen LogP contribution in [0, 0.1) is 5.92 Å². The molecular weight excluding hydrogens is 454 g/mol. The van der Waals surface area contributed by atoms with Crippen LogP contribution in [0.5, 0.6) is 5.75 Å². The minimum Gasteiger partial charge on any atom is -0.479 e. The standard InChI is InChI=1S/C25H31N3O5S/c1-17(2)16-28-22-12-9-20(15-23(22)33-18(3)25(28)30)26-24(29)19-7-10-21(11-8-19)34(31,32)27-13-5-4-6-14-27/h7-12,15,17-18H,4-6,13-14,16H2,1-3H3,(H,26,29). The van der Waals surface area contributed by atoms with Crippen molar-refractivity contribution in [1.29, 1.82) is 0 Å². The number of carbonyl (C=O) groups excluding carboxylic acids is 2. The van der Waals surface area contributed by atoms with Gasteiger partial charge < -0.3 is 15.0 Å². The van der Waals surface area contributed by atoms with E-state index in [4.69, 9.17) is 4.74 Å². The molecule has 2 aliphatic heterocycles. The number of amides is 2. The van der Waals surface area contributed by atoms with E-state index in [-0.39, 0.29) is 16.7 Å². The Kier molecular flexibility index (Phi) is 6.95. The Morgan fingerprint density at radius 3 is 2.41 bits per heavy atom. The summed E-state index contributed by atoms with van der Waals surface area (Å²) in [6.45, 7) is 7.45. The van der Waals surface area contributed by atoms with E-state index in [0.29, 0.717) is 48.2 Å². The third-order valence-corrected chi connectivity index (χ3v) is 7.96. The van der Waals surface area contributed by atoms with Crippen LogP contribution in [0.4, 0.5) is 11.4 Å². The van der Waals surface area contributed by atoms with E-state index < -0.39 is 16.1 Å². The van der Waals surface area contributed by atoms with Crippen molar-refractivity contribution in [2.75, 3.05) is 29.9 Å². The topological polar surface area (TPSA) is 96.0 Å². The average molecular weight is 486 g/mol. The van der Waals surface area contributed by atoms with E-state index in [1.54, 1.807) is 30.0 Å². The van der Waals surface area contributed by atoms with E-state index in [9.17, 15) is 18.0 Å². The van der Waals surface area contributed by atoms with Gasteiger partial charge in [-0.25, -0.2) is 8.42 Å². The van der Waals surface area contributed by atoms with Crippen LogP contribution in [-0.2, 0) is 14.8 Å². The van der Waals surface area contributed by atoms with Crippen molar-refractivity contribution in [1.82, 2.24) is 4.31 Å². The minimum absolute atomic E-state index is 0.0856. The lowest BCUT2D eigenvalue weighted by Gasteiger charge is -2.34. The van der Waals surface area contributed by atoms with Crippen LogP contribution in [0.1, 0.15) is 50.4 Å². The van der Waals surface area contributed by atoms with E-state index >= 15 is 0 Å². The van der Waals surface area contributed by atoms with Crippen molar-refractivity contribution >= 4 is 33.2 Å². The fraction of sp³-hybridized carbons (Fsp3) is 0.440. The summed E-state index contributed by atoms with van der Waals surface area (Å²) in [5.41, 5.74) is 1.56. The lowest BCUT2D eigenvalue weighted by atomic mass is 10.1. The molecule has 9 heteroatoms. The van der Waals surface area contributed by atoms with Gasteiger partial charge in [0.2, 0.25) is 10.0 Å². The van der Waals surface area contributed by atoms with Crippen LogP contribution in [0.2, 0.25) is 0 Å². The maximum atomic E-state index is 12.8. The number of benzene rings is 2. The van der Waals surface area contributed by atoms with Gasteiger partial charge in [0.25, 0.3) is 11.8 Å². The zero-order valence-corrected chi connectivity index (χ0v) is 20.6. The molecule has 0 saturated carbocycles. The second-order valence-electron chi connectivity index (χ2n) is 9.23. The lowest BCUT2D eigenvalue weighted by Crippen LogP contribution is -2.46. The SMILES string of the molecule is CC(C)CN1C(=O)C(C)Oc2cc(NC(=O)c3ccc(S(=O)(=O)N4CCCCC4)cc3)ccc21. The molecule has 0 aromatic heterocycles. The largest absolute Gasteiger partial charge is 0.479 e. The highest BCUT2D eigenvalue weighted by atomic mass is 32.2. The third kappa shape index (κ3) is 4.95. The fourth-order valence-electron chi connectivity index (χ4n) is 4.28. The summed E-state index contributed by atoms with van der Waals surface area (Å²) < 4.78 is 32.9. The number of nitrogens with zero attached hydrogens (tertiary/aromatic N) is 2. The molecule has 1 saturated heterocycles. The summed E-state index contributed by atoms with van der Waals surface area (Å²) in [6.07, 6.45) is 2.18. The molecule has 34 heavy (non-hydrogen) atoms. The number of piperidine rings is 1. The first-order valence-electron chi connectivity index (χ1n) is 11.7. The molecule has 2 aromatic carbocycles. The van der Waals surface area contributed by atoms with Gasteiger partial charge in [0.1, 0.15) is 5.75 Å². The van der Waals surface area contributed by atoms with E-state index in [0.717, 1.165) is 19.3 Å². The third-order valence-electron chi connectivity index (χ3n) is 6.04. The number of hydrogen-bond donors (Lipinski definition) is 1. The number of fused-ring (bicyclic) bond motifs is 1. The Bertz CT molecular complexity index is 1170. The van der Waals surface area contributed by atoms with Crippen LogP contribution in [0.25, 0.3) is 0 Å². The summed E-state index contributed by atoms with van der Waals surface area (Å²) in [4.78, 5) is 27.3. The smallest absolute Gasteiger partial charge is 0.267 e. The highest BCUT2D eigenvalue weighted by Gasteiger charge is 2.32. The second-order valence-corrected chi connectivity index (χ2v) is 11.2. The first-order valence-corrected chi connectivity index (χ1v) is 13.1. The predicted molar refractivity (Wildman–Crippen MR) is 131 cm³/mol. The molecule has 0 spiro atoms. The molecule has 2 amide bonds. The lowest BCUT2D eigenvalue weighted by molar-refractivity contribution is -0.125. The zero-order valence-electron chi connectivity index (χ0n) is 19.8. The molecule has 0 radical (unpaired) electrons. The van der Waals surface area contributed by atoms with E-state index in [1.807, 2.05) is 13.8 Å². The Morgan fingerprint density at radius 1 is 1.09 bits per heavy atom. The summed E-state index contributed by atoms with van der Waals surface area (Å²) in [5, 5.41) is 2.83.